The molecule has 0 unspecified atom stereocenters. The Labute approximate surface area is 74.1 Å². The molecule has 0 aliphatic rings. The molecule has 2 amide bonds. The molecule has 3 N–H and O–H groups in total. The molecule has 0 aliphatic heterocycles. The van der Waals surface area contributed by atoms with E-state index in [0.717, 1.165) is 0 Å². The Kier molecular flexibility index (Phi) is 2.32. The van der Waals surface area contributed by atoms with Crippen LogP contribution in [0.2, 0.25) is 0 Å². The molecule has 70 valence electrons. The lowest BCUT2D eigenvalue weighted by atomic mass is 10.3. The lowest BCUT2D eigenvalue weighted by molar-refractivity contribution is -0.134. The summed E-state index contributed by atoms with van der Waals surface area (Å²) in [4.78, 5) is 21.3. The van der Waals surface area contributed by atoms with E-state index in [1.807, 2.05) is 0 Å². The minimum Gasteiger partial charge on any atom is -0.361 e. The highest BCUT2D eigenvalue weighted by molar-refractivity contribution is 6.39. The van der Waals surface area contributed by atoms with Crippen LogP contribution in [0.25, 0.3) is 0 Å². The van der Waals surface area contributed by atoms with Crippen LogP contribution >= 0.6 is 0 Å². The Balaban J connectivity index is 2.85. The summed E-state index contributed by atoms with van der Waals surface area (Å²) >= 11 is 0. The zero-order valence-electron chi connectivity index (χ0n) is 7.25. The van der Waals surface area contributed by atoms with Crippen LogP contribution in [0.4, 0.5) is 5.69 Å². The van der Waals surface area contributed by atoms with E-state index in [0.29, 0.717) is 17.1 Å². The average molecular weight is 183 g/mol. The summed E-state index contributed by atoms with van der Waals surface area (Å²) in [5, 5.41) is 5.87. The fourth-order valence-corrected chi connectivity index (χ4v) is 0.837. The predicted molar refractivity (Wildman–Crippen MR) is 43.8 cm³/mol. The zero-order valence-corrected chi connectivity index (χ0v) is 7.25. The number of nitrogens with two attached hydrogens (primary N) is 1. The largest absolute Gasteiger partial charge is 0.361 e. The minimum absolute atomic E-state index is 0.392. The Morgan fingerprint density at radius 2 is 2.08 bits per heavy atom. The molecule has 0 radical (unpaired) electrons. The average Bonchev–Trinajstić information content (AvgIpc) is 2.35. The van der Waals surface area contributed by atoms with Gasteiger partial charge >= 0.3 is 11.8 Å². The molecular formula is C7H9N3O3. The SMILES string of the molecule is Cc1noc(C)c1NC(=O)C(N)=O. The van der Waals surface area contributed by atoms with E-state index < -0.39 is 11.8 Å². The van der Waals surface area contributed by atoms with Gasteiger partial charge in [0.1, 0.15) is 11.4 Å². The van der Waals surface area contributed by atoms with Gasteiger partial charge in [-0.25, -0.2) is 0 Å². The number of rotatable bonds is 1. The Hall–Kier alpha value is -1.85. The van der Waals surface area contributed by atoms with Crippen molar-refractivity contribution in [3.63, 3.8) is 0 Å². The van der Waals surface area contributed by atoms with Gasteiger partial charge in [-0.3, -0.25) is 9.59 Å². The number of nitrogens with one attached hydrogen (secondary N) is 1. The maximum Gasteiger partial charge on any atom is 0.313 e. The fraction of sp³-hybridized carbons (Fsp3) is 0.286. The second-order valence-corrected chi connectivity index (χ2v) is 2.52. The molecule has 1 rings (SSSR count). The molecule has 0 bridgehead atoms. The smallest absolute Gasteiger partial charge is 0.313 e. The zero-order chi connectivity index (χ0) is 10.0. The molecule has 0 spiro atoms. The van der Waals surface area contributed by atoms with Gasteiger partial charge in [-0.2, -0.15) is 0 Å². The first-order valence-corrected chi connectivity index (χ1v) is 3.56. The van der Waals surface area contributed by atoms with Crippen molar-refractivity contribution in [2.24, 2.45) is 5.73 Å². The van der Waals surface area contributed by atoms with Crippen LogP contribution in [0.15, 0.2) is 4.52 Å². The highest BCUT2D eigenvalue weighted by Crippen LogP contribution is 2.17. The van der Waals surface area contributed by atoms with Gasteiger partial charge in [0.2, 0.25) is 0 Å². The minimum atomic E-state index is -1.04. The van der Waals surface area contributed by atoms with E-state index in [1.165, 1.54) is 0 Å². The number of carbonyl (C=O) groups excluding carboxylic acids is 2. The Morgan fingerprint density at radius 1 is 1.46 bits per heavy atom. The number of carbonyl (C=O) groups is 2. The number of nitrogens with zero attached hydrogens (tertiary/aromatic N) is 1. The van der Waals surface area contributed by atoms with Crippen LogP contribution in [0, 0.1) is 13.8 Å². The number of hydrogen-bond acceptors (Lipinski definition) is 4. The van der Waals surface area contributed by atoms with E-state index in [4.69, 9.17) is 10.3 Å². The molecule has 1 aromatic heterocycles. The number of amides is 2. The lowest BCUT2D eigenvalue weighted by Gasteiger charge is -1.99. The van der Waals surface area contributed by atoms with Gasteiger partial charge in [0, 0.05) is 0 Å². The molecule has 0 saturated heterocycles. The van der Waals surface area contributed by atoms with Gasteiger partial charge < -0.3 is 15.6 Å². The van der Waals surface area contributed by atoms with E-state index in [1.54, 1.807) is 13.8 Å². The predicted octanol–water partition coefficient (Wildman–Crippen LogP) is -0.285. The van der Waals surface area contributed by atoms with E-state index in [9.17, 15) is 9.59 Å². The summed E-state index contributed by atoms with van der Waals surface area (Å²) in [7, 11) is 0. The molecule has 1 aromatic rings. The summed E-state index contributed by atoms with van der Waals surface area (Å²) in [6, 6.07) is 0. The summed E-state index contributed by atoms with van der Waals surface area (Å²) in [6.45, 7) is 3.27. The Morgan fingerprint density at radius 3 is 2.46 bits per heavy atom. The maximum atomic E-state index is 10.9. The van der Waals surface area contributed by atoms with Crippen LogP contribution in [0.1, 0.15) is 11.5 Å². The summed E-state index contributed by atoms with van der Waals surface area (Å²) in [6.07, 6.45) is 0. The third kappa shape index (κ3) is 1.84. The first-order valence-electron chi connectivity index (χ1n) is 3.56. The number of hydrogen-bond donors (Lipinski definition) is 2. The normalized spacial score (nSPS) is 9.69. The fourth-order valence-electron chi connectivity index (χ4n) is 0.837. The number of anilines is 1. The van der Waals surface area contributed by atoms with Crippen LogP contribution in [0.5, 0.6) is 0 Å². The van der Waals surface area contributed by atoms with Crippen LogP contribution in [-0.4, -0.2) is 17.0 Å². The third-order valence-electron chi connectivity index (χ3n) is 1.50. The van der Waals surface area contributed by atoms with Gasteiger partial charge in [-0.15, -0.1) is 0 Å². The van der Waals surface area contributed by atoms with Gasteiger partial charge in [0.15, 0.2) is 5.76 Å². The van der Waals surface area contributed by atoms with Crippen molar-refractivity contribution in [1.82, 2.24) is 5.16 Å². The maximum absolute atomic E-state index is 10.9. The second kappa shape index (κ2) is 3.26. The highest BCUT2D eigenvalue weighted by atomic mass is 16.5. The van der Waals surface area contributed by atoms with Crippen LogP contribution in [0.3, 0.4) is 0 Å². The van der Waals surface area contributed by atoms with Crippen molar-refractivity contribution in [2.75, 3.05) is 5.32 Å². The van der Waals surface area contributed by atoms with Crippen molar-refractivity contribution in [3.05, 3.63) is 11.5 Å². The Bertz CT molecular complexity index is 336. The van der Waals surface area contributed by atoms with Crippen molar-refractivity contribution in [3.8, 4) is 0 Å². The molecule has 6 heteroatoms. The number of aromatic nitrogens is 1. The first-order chi connectivity index (χ1) is 6.02. The monoisotopic (exact) mass is 183 g/mol. The van der Waals surface area contributed by atoms with Crippen molar-refractivity contribution in [2.45, 2.75) is 13.8 Å². The van der Waals surface area contributed by atoms with E-state index in [-0.39, 0.29) is 0 Å². The van der Waals surface area contributed by atoms with Gasteiger partial charge in [0.05, 0.1) is 0 Å². The van der Waals surface area contributed by atoms with Gasteiger partial charge in [0.25, 0.3) is 0 Å². The van der Waals surface area contributed by atoms with Crippen molar-refractivity contribution < 1.29 is 14.1 Å². The third-order valence-corrected chi connectivity index (χ3v) is 1.50. The molecule has 0 fully saturated rings. The summed E-state index contributed by atoms with van der Waals surface area (Å²) < 4.78 is 4.76. The quantitative estimate of drug-likeness (QED) is 0.584. The molecule has 1 heterocycles. The first kappa shape index (κ1) is 9.24. The van der Waals surface area contributed by atoms with Gasteiger partial charge in [-0.05, 0) is 13.8 Å². The van der Waals surface area contributed by atoms with Crippen molar-refractivity contribution >= 4 is 17.5 Å². The van der Waals surface area contributed by atoms with E-state index >= 15 is 0 Å². The topological polar surface area (TPSA) is 98.2 Å². The molecule has 0 saturated carbocycles. The molecule has 0 atom stereocenters. The molecule has 0 aromatic carbocycles. The number of aryl methyl sites for hydroxylation is 2. The number of primary amides is 1. The highest BCUT2D eigenvalue weighted by Gasteiger charge is 2.15. The molecular weight excluding hydrogens is 174 g/mol. The molecule has 0 aliphatic carbocycles. The molecule has 6 nitrogen and oxygen atoms in total. The molecule has 13 heavy (non-hydrogen) atoms. The van der Waals surface area contributed by atoms with Crippen LogP contribution in [-0.2, 0) is 9.59 Å². The van der Waals surface area contributed by atoms with Crippen molar-refractivity contribution in [1.29, 1.82) is 0 Å². The second-order valence-electron chi connectivity index (χ2n) is 2.52. The van der Waals surface area contributed by atoms with Gasteiger partial charge in [-0.1, -0.05) is 5.16 Å². The standard InChI is InChI=1S/C7H9N3O3/c1-3-5(4(2)13-10-3)9-7(12)6(8)11/h1-2H3,(H2,8,11)(H,9,12). The summed E-state index contributed by atoms with van der Waals surface area (Å²) in [5.41, 5.74) is 5.65. The summed E-state index contributed by atoms with van der Waals surface area (Å²) in [5.74, 6) is -1.48. The van der Waals surface area contributed by atoms with Crippen LogP contribution < -0.4 is 11.1 Å². The lowest BCUT2D eigenvalue weighted by Crippen LogP contribution is -2.29. The van der Waals surface area contributed by atoms with E-state index in [2.05, 4.69) is 10.5 Å².